The Morgan fingerprint density at radius 3 is 2.28 bits per heavy atom. The van der Waals surface area contributed by atoms with Crippen molar-refractivity contribution >= 4 is 50.6 Å². The standard InChI is InChI=1S/C24H19N5O7S.2Na/c1-14-21(22(30)29(27-14)15-7-3-2-4-8-15)26-25-19-12-11-16(13-18(19)24(33)34)37(35,36)28-20-10-6-5-9-17(20)23(31)32;;/h2-13,21,28H,1H3,(H,31,32)(H,33,34);;/q;2*+1/p-1. The van der Waals surface area contributed by atoms with Crippen molar-refractivity contribution in [2.24, 2.45) is 15.3 Å². The number of benzene rings is 3. The van der Waals surface area contributed by atoms with E-state index in [1.165, 1.54) is 24.3 Å². The number of carbonyl (C=O) groups excluding carboxylic acids is 2. The number of aromatic carboxylic acids is 2. The van der Waals surface area contributed by atoms with E-state index in [0.29, 0.717) is 11.4 Å². The molecule has 15 heteroatoms. The molecular weight excluding hydrogens is 548 g/mol. The van der Waals surface area contributed by atoms with E-state index in [2.05, 4.69) is 20.1 Å². The van der Waals surface area contributed by atoms with Gasteiger partial charge in [-0.15, -0.1) is 0 Å². The van der Waals surface area contributed by atoms with Crippen molar-refractivity contribution < 1.29 is 92.1 Å². The van der Waals surface area contributed by atoms with Crippen LogP contribution in [0.4, 0.5) is 17.1 Å². The molecule has 0 bridgehead atoms. The Hall–Kier alpha value is -2.91. The van der Waals surface area contributed by atoms with Gasteiger partial charge in [-0.2, -0.15) is 20.3 Å². The van der Waals surface area contributed by atoms with Gasteiger partial charge in [-0.05, 0) is 49.4 Å². The largest absolute Gasteiger partial charge is 1.00 e. The van der Waals surface area contributed by atoms with Crippen LogP contribution < -0.4 is 74.0 Å². The molecule has 0 saturated heterocycles. The first kappa shape index (κ1) is 32.3. The molecule has 3 aromatic carbocycles. The Morgan fingerprint density at radius 1 is 1.00 bits per heavy atom. The summed E-state index contributed by atoms with van der Waals surface area (Å²) >= 11 is 0. The number of azo groups is 1. The summed E-state index contributed by atoms with van der Waals surface area (Å²) in [7, 11) is -4.38. The van der Waals surface area contributed by atoms with Gasteiger partial charge in [0, 0.05) is 5.56 Å². The number of amides is 1. The number of carboxylic acids is 2. The molecule has 2 N–H and O–H groups in total. The van der Waals surface area contributed by atoms with Gasteiger partial charge in [-0.1, -0.05) is 30.3 Å². The molecule has 1 unspecified atom stereocenters. The fraction of sp³-hybridized carbons (Fsp3) is 0.0833. The van der Waals surface area contributed by atoms with Crippen LogP contribution >= 0.6 is 0 Å². The van der Waals surface area contributed by atoms with Crippen LogP contribution in [-0.4, -0.2) is 43.1 Å². The zero-order chi connectivity index (χ0) is 26.7. The number of carboxylic acid groups (broad SMARTS) is 2. The van der Waals surface area contributed by atoms with Gasteiger partial charge in [0.05, 0.1) is 39.2 Å². The predicted octanol–water partition coefficient (Wildman–Crippen LogP) is -3.57. The molecule has 1 amide bonds. The summed E-state index contributed by atoms with van der Waals surface area (Å²) in [5, 5.41) is 34.2. The first-order valence-corrected chi connectivity index (χ1v) is 12.1. The van der Waals surface area contributed by atoms with Crippen molar-refractivity contribution in [3.63, 3.8) is 0 Å². The van der Waals surface area contributed by atoms with Crippen LogP contribution in [-0.2, 0) is 14.8 Å². The van der Waals surface area contributed by atoms with Gasteiger partial charge >= 0.3 is 65.1 Å². The molecule has 1 aliphatic heterocycles. The van der Waals surface area contributed by atoms with Crippen LogP contribution in [0.15, 0.2) is 93.0 Å². The maximum absolute atomic E-state index is 12.8. The summed E-state index contributed by atoms with van der Waals surface area (Å²) in [5.41, 5.74) is -0.493. The van der Waals surface area contributed by atoms with Crippen LogP contribution in [0.25, 0.3) is 0 Å². The second-order valence-electron chi connectivity index (χ2n) is 7.77. The van der Waals surface area contributed by atoms with Gasteiger partial charge in [0.2, 0.25) is 0 Å². The van der Waals surface area contributed by atoms with Crippen LogP contribution in [0.5, 0.6) is 0 Å². The number of hydrogen-bond donors (Lipinski definition) is 2. The van der Waals surface area contributed by atoms with E-state index < -0.39 is 44.4 Å². The van der Waals surface area contributed by atoms with Crippen LogP contribution in [0, 0.1) is 0 Å². The van der Waals surface area contributed by atoms with Crippen molar-refractivity contribution in [1.29, 1.82) is 0 Å². The summed E-state index contributed by atoms with van der Waals surface area (Å²) in [6.07, 6.45) is 0. The summed E-state index contributed by atoms with van der Waals surface area (Å²) in [5.74, 6) is -3.58. The van der Waals surface area contributed by atoms with E-state index in [0.717, 1.165) is 23.2 Å². The van der Waals surface area contributed by atoms with Crippen LogP contribution in [0.1, 0.15) is 27.6 Å². The first-order chi connectivity index (χ1) is 17.6. The smallest absolute Gasteiger partial charge is 0.545 e. The minimum Gasteiger partial charge on any atom is -0.545 e. The number of nitrogens with zero attached hydrogens (tertiary/aromatic N) is 4. The summed E-state index contributed by atoms with van der Waals surface area (Å²) in [6.45, 7) is 1.57. The first-order valence-electron chi connectivity index (χ1n) is 10.6. The van der Waals surface area contributed by atoms with E-state index in [1.54, 1.807) is 37.3 Å². The molecule has 188 valence electrons. The third-order valence-electron chi connectivity index (χ3n) is 5.28. The maximum atomic E-state index is 12.8. The average Bonchev–Trinajstić information content (AvgIpc) is 3.16. The van der Waals surface area contributed by atoms with Crippen molar-refractivity contribution in [2.45, 2.75) is 17.9 Å². The van der Waals surface area contributed by atoms with Crippen molar-refractivity contribution in [3.8, 4) is 0 Å². The molecule has 0 saturated carbocycles. The molecule has 0 radical (unpaired) electrons. The minimum absolute atomic E-state index is 0. The number of nitrogens with one attached hydrogen (secondary N) is 1. The Kier molecular flexibility index (Phi) is 11.1. The molecule has 39 heavy (non-hydrogen) atoms. The molecule has 1 aliphatic rings. The molecule has 1 atom stereocenters. The van der Waals surface area contributed by atoms with E-state index in [9.17, 15) is 33.0 Å². The third-order valence-corrected chi connectivity index (χ3v) is 6.64. The van der Waals surface area contributed by atoms with Gasteiger partial charge < -0.3 is 15.0 Å². The fourth-order valence-electron chi connectivity index (χ4n) is 3.46. The summed E-state index contributed by atoms with van der Waals surface area (Å²) in [4.78, 5) is 35.5. The summed E-state index contributed by atoms with van der Waals surface area (Å²) in [6, 6.07) is 15.8. The number of anilines is 2. The van der Waals surface area contributed by atoms with E-state index in [1.807, 2.05) is 0 Å². The molecule has 12 nitrogen and oxygen atoms in total. The molecule has 0 fully saturated rings. The van der Waals surface area contributed by atoms with Crippen molar-refractivity contribution in [2.75, 3.05) is 9.73 Å². The van der Waals surface area contributed by atoms with Gasteiger partial charge in [0.25, 0.3) is 15.9 Å². The molecule has 1 heterocycles. The van der Waals surface area contributed by atoms with Crippen molar-refractivity contribution in [3.05, 3.63) is 83.9 Å². The average molecular weight is 566 g/mol. The molecule has 0 aromatic heterocycles. The zero-order valence-electron chi connectivity index (χ0n) is 21.1. The normalized spacial score (nSPS) is 14.8. The second kappa shape index (κ2) is 13.4. The molecular formula is C24H18N5Na2O7S+. The minimum atomic E-state index is -4.38. The Bertz CT molecular complexity index is 1580. The van der Waals surface area contributed by atoms with E-state index in [-0.39, 0.29) is 76.1 Å². The molecule has 0 spiro atoms. The van der Waals surface area contributed by atoms with E-state index >= 15 is 0 Å². The quantitative estimate of drug-likeness (QED) is 0.209. The number of sulfonamides is 1. The zero-order valence-corrected chi connectivity index (χ0v) is 25.9. The van der Waals surface area contributed by atoms with Crippen LogP contribution in [0.3, 0.4) is 0 Å². The number of para-hydroxylation sites is 2. The Labute approximate surface area is 267 Å². The molecule has 0 aliphatic carbocycles. The van der Waals surface area contributed by atoms with Crippen molar-refractivity contribution in [1.82, 2.24) is 0 Å². The topological polar surface area (TPSA) is 181 Å². The third kappa shape index (κ3) is 7.19. The number of hydrazone groups is 1. The van der Waals surface area contributed by atoms with Gasteiger partial charge in [-0.25, -0.2) is 13.2 Å². The Balaban J connectivity index is 0.00000267. The fourth-order valence-corrected chi connectivity index (χ4v) is 4.56. The maximum Gasteiger partial charge on any atom is 1.00 e. The van der Waals surface area contributed by atoms with Gasteiger partial charge in [-0.3, -0.25) is 9.52 Å². The molecule has 4 rings (SSSR count). The summed E-state index contributed by atoms with van der Waals surface area (Å²) < 4.78 is 27.8. The predicted molar refractivity (Wildman–Crippen MR) is 130 cm³/mol. The Morgan fingerprint density at radius 2 is 1.64 bits per heavy atom. The number of hydrogen-bond acceptors (Lipinski definition) is 9. The molecule has 3 aromatic rings. The SMILES string of the molecule is CC1=NN(c2ccccc2)C(=O)C1N=Nc1ccc(S(=O)(=O)Nc2ccccc2C(=O)O)cc1C(=O)[O-].[Na+].[Na+]. The number of rotatable bonds is 8. The van der Waals surface area contributed by atoms with E-state index in [4.69, 9.17) is 0 Å². The number of carbonyl (C=O) groups is 3. The monoisotopic (exact) mass is 566 g/mol. The second-order valence-corrected chi connectivity index (χ2v) is 9.45. The van der Waals surface area contributed by atoms with Gasteiger partial charge in [0.1, 0.15) is 0 Å². The van der Waals surface area contributed by atoms with Gasteiger partial charge in [0.15, 0.2) is 6.04 Å². The van der Waals surface area contributed by atoms with Crippen LogP contribution in [0.2, 0.25) is 0 Å².